The Morgan fingerprint density at radius 3 is 2.23 bits per heavy atom. The molecule has 0 aliphatic carbocycles. The predicted molar refractivity (Wildman–Crippen MR) is 63.1 cm³/mol. The predicted octanol–water partition coefficient (Wildman–Crippen LogP) is 2.80. The van der Waals surface area contributed by atoms with Gasteiger partial charge in [-0.25, -0.2) is 9.97 Å². The SMILES string of the molecule is Cc1nc(C(Cl)(Cl)Cl)nc(N)c1I. The number of alkyl halides is 3. The summed E-state index contributed by atoms with van der Waals surface area (Å²) in [5, 5.41) is 0. The lowest BCUT2D eigenvalue weighted by Crippen LogP contribution is -2.12. The number of nitrogens with zero attached hydrogens (tertiary/aromatic N) is 2. The van der Waals surface area contributed by atoms with Gasteiger partial charge < -0.3 is 5.73 Å². The smallest absolute Gasteiger partial charge is 0.250 e. The summed E-state index contributed by atoms with van der Waals surface area (Å²) in [6.07, 6.45) is 0. The van der Waals surface area contributed by atoms with E-state index >= 15 is 0 Å². The molecule has 13 heavy (non-hydrogen) atoms. The van der Waals surface area contributed by atoms with Gasteiger partial charge in [0.05, 0.1) is 9.26 Å². The van der Waals surface area contributed by atoms with E-state index in [-0.39, 0.29) is 5.82 Å². The Labute approximate surface area is 104 Å². The van der Waals surface area contributed by atoms with Crippen molar-refractivity contribution in [2.24, 2.45) is 0 Å². The molecule has 3 nitrogen and oxygen atoms in total. The Kier molecular flexibility index (Phi) is 3.49. The average Bonchev–Trinajstić information content (AvgIpc) is 1.97. The molecule has 7 heteroatoms. The number of anilines is 1. The Morgan fingerprint density at radius 2 is 1.85 bits per heavy atom. The molecule has 0 radical (unpaired) electrons. The zero-order valence-electron chi connectivity index (χ0n) is 6.48. The second-order valence-electron chi connectivity index (χ2n) is 2.33. The molecule has 0 spiro atoms. The number of nitrogens with two attached hydrogens (primary N) is 1. The quantitative estimate of drug-likeness (QED) is 0.577. The standard InChI is InChI=1S/C6H5Cl3IN3/c1-2-3(10)4(11)13-5(12-2)6(7,8)9/h1H3,(H2,11,12,13). The molecule has 0 saturated heterocycles. The van der Waals surface area contributed by atoms with Crippen LogP contribution < -0.4 is 5.73 Å². The molecule has 0 amide bonds. The van der Waals surface area contributed by atoms with Gasteiger partial charge in [-0.15, -0.1) is 0 Å². The minimum absolute atomic E-state index is 0.105. The molecule has 1 aromatic heterocycles. The highest BCUT2D eigenvalue weighted by molar-refractivity contribution is 14.1. The molecular weight excluding hydrogens is 347 g/mol. The van der Waals surface area contributed by atoms with Crippen molar-refractivity contribution in [2.75, 3.05) is 5.73 Å². The van der Waals surface area contributed by atoms with E-state index in [0.717, 1.165) is 3.57 Å². The maximum atomic E-state index is 5.60. The van der Waals surface area contributed by atoms with Gasteiger partial charge in [-0.2, -0.15) is 0 Å². The first kappa shape index (κ1) is 11.6. The third kappa shape index (κ3) is 2.71. The van der Waals surface area contributed by atoms with E-state index in [2.05, 4.69) is 9.97 Å². The number of aryl methyl sites for hydroxylation is 1. The molecule has 0 fully saturated rings. The highest BCUT2D eigenvalue weighted by Crippen LogP contribution is 2.36. The second kappa shape index (κ2) is 3.92. The number of aromatic nitrogens is 2. The first-order valence-electron chi connectivity index (χ1n) is 3.19. The maximum Gasteiger partial charge on any atom is 0.250 e. The topological polar surface area (TPSA) is 51.8 Å². The van der Waals surface area contributed by atoms with Crippen molar-refractivity contribution in [1.82, 2.24) is 9.97 Å². The summed E-state index contributed by atoms with van der Waals surface area (Å²) in [7, 11) is 0. The zero-order valence-corrected chi connectivity index (χ0v) is 10.9. The minimum Gasteiger partial charge on any atom is -0.383 e. The van der Waals surface area contributed by atoms with Crippen molar-refractivity contribution in [3.63, 3.8) is 0 Å². The lowest BCUT2D eigenvalue weighted by molar-refractivity contribution is 0.940. The molecule has 0 bridgehead atoms. The molecule has 72 valence electrons. The van der Waals surface area contributed by atoms with Crippen LogP contribution in [0.25, 0.3) is 0 Å². The van der Waals surface area contributed by atoms with Crippen LogP contribution >= 0.6 is 57.4 Å². The third-order valence-corrected chi connectivity index (χ3v) is 3.14. The van der Waals surface area contributed by atoms with Crippen LogP contribution in [0.15, 0.2) is 0 Å². The fourth-order valence-electron chi connectivity index (χ4n) is 0.708. The number of hydrogen-bond donors (Lipinski definition) is 1. The molecule has 0 atom stereocenters. The Hall–Kier alpha value is 0.480. The summed E-state index contributed by atoms with van der Waals surface area (Å²) in [6, 6.07) is 0. The van der Waals surface area contributed by atoms with Crippen LogP contribution in [0, 0.1) is 10.5 Å². The summed E-state index contributed by atoms with van der Waals surface area (Å²) in [4.78, 5) is 7.88. The fraction of sp³-hybridized carbons (Fsp3) is 0.333. The van der Waals surface area contributed by atoms with Gasteiger partial charge in [0.25, 0.3) is 0 Å². The molecule has 0 aromatic carbocycles. The molecule has 1 aromatic rings. The molecule has 1 rings (SSSR count). The third-order valence-electron chi connectivity index (χ3n) is 1.30. The molecule has 1 heterocycles. The summed E-state index contributed by atoms with van der Waals surface area (Å²) >= 11 is 18.8. The van der Waals surface area contributed by atoms with Gasteiger partial charge in [-0.05, 0) is 29.5 Å². The molecule has 0 unspecified atom stereocenters. The number of hydrogen-bond acceptors (Lipinski definition) is 3. The van der Waals surface area contributed by atoms with Crippen LogP contribution in [0.2, 0.25) is 0 Å². The van der Waals surface area contributed by atoms with Gasteiger partial charge in [-0.1, -0.05) is 34.8 Å². The van der Waals surface area contributed by atoms with Gasteiger partial charge in [0.2, 0.25) is 3.79 Å². The summed E-state index contributed by atoms with van der Waals surface area (Å²) < 4.78 is -0.848. The lowest BCUT2D eigenvalue weighted by atomic mass is 10.4. The van der Waals surface area contributed by atoms with Crippen LogP contribution in [-0.4, -0.2) is 9.97 Å². The van der Waals surface area contributed by atoms with Gasteiger partial charge >= 0.3 is 0 Å². The van der Waals surface area contributed by atoms with E-state index in [0.29, 0.717) is 11.5 Å². The second-order valence-corrected chi connectivity index (χ2v) is 5.69. The maximum absolute atomic E-state index is 5.60. The van der Waals surface area contributed by atoms with Gasteiger partial charge in [0, 0.05) is 0 Å². The highest BCUT2D eigenvalue weighted by Gasteiger charge is 2.27. The molecule has 2 N–H and O–H groups in total. The van der Waals surface area contributed by atoms with Crippen LogP contribution in [-0.2, 0) is 3.79 Å². The van der Waals surface area contributed by atoms with Crippen molar-refractivity contribution in [3.8, 4) is 0 Å². The van der Waals surface area contributed by atoms with Crippen LogP contribution in [0.1, 0.15) is 11.5 Å². The van der Waals surface area contributed by atoms with Crippen LogP contribution in [0.3, 0.4) is 0 Å². The van der Waals surface area contributed by atoms with E-state index < -0.39 is 3.79 Å². The normalized spacial score (nSPS) is 11.8. The first-order chi connectivity index (χ1) is 5.82. The Bertz CT molecular complexity index is 313. The van der Waals surface area contributed by atoms with Crippen molar-refractivity contribution < 1.29 is 0 Å². The number of nitrogen functional groups attached to an aromatic ring is 1. The monoisotopic (exact) mass is 351 g/mol. The Morgan fingerprint density at radius 1 is 1.31 bits per heavy atom. The number of halogens is 4. The van der Waals surface area contributed by atoms with E-state index in [4.69, 9.17) is 40.5 Å². The van der Waals surface area contributed by atoms with E-state index in [1.54, 1.807) is 6.92 Å². The molecule has 0 saturated carbocycles. The molecular formula is C6H5Cl3IN3. The minimum atomic E-state index is -1.62. The van der Waals surface area contributed by atoms with E-state index in [1.165, 1.54) is 0 Å². The molecule has 0 aliphatic rings. The molecule has 0 aliphatic heterocycles. The fourth-order valence-corrected chi connectivity index (χ4v) is 1.20. The van der Waals surface area contributed by atoms with Gasteiger partial charge in [-0.3, -0.25) is 0 Å². The van der Waals surface area contributed by atoms with Crippen LogP contribution in [0.4, 0.5) is 5.82 Å². The van der Waals surface area contributed by atoms with Crippen molar-refractivity contribution >= 4 is 63.2 Å². The largest absolute Gasteiger partial charge is 0.383 e. The van der Waals surface area contributed by atoms with Crippen molar-refractivity contribution in [2.45, 2.75) is 10.7 Å². The van der Waals surface area contributed by atoms with E-state index in [1.807, 2.05) is 22.6 Å². The first-order valence-corrected chi connectivity index (χ1v) is 5.40. The summed E-state index contributed by atoms with van der Waals surface area (Å²) in [5.74, 6) is 0.433. The van der Waals surface area contributed by atoms with E-state index in [9.17, 15) is 0 Å². The van der Waals surface area contributed by atoms with Gasteiger partial charge in [0.15, 0.2) is 5.82 Å². The highest BCUT2D eigenvalue weighted by atomic mass is 127. The number of rotatable bonds is 0. The zero-order chi connectivity index (χ0) is 10.2. The van der Waals surface area contributed by atoms with Gasteiger partial charge in [0.1, 0.15) is 5.82 Å². The Balaban J connectivity index is 3.29. The summed E-state index contributed by atoms with van der Waals surface area (Å²) in [5.41, 5.74) is 6.29. The van der Waals surface area contributed by atoms with Crippen molar-refractivity contribution in [3.05, 3.63) is 15.1 Å². The van der Waals surface area contributed by atoms with Crippen LogP contribution in [0.5, 0.6) is 0 Å². The van der Waals surface area contributed by atoms with Crippen molar-refractivity contribution in [1.29, 1.82) is 0 Å². The lowest BCUT2D eigenvalue weighted by Gasteiger charge is -2.11. The summed E-state index contributed by atoms with van der Waals surface area (Å²) in [6.45, 7) is 1.78. The average molecular weight is 352 g/mol.